The average molecular weight is 568 g/mol. The molecule has 12 heteroatoms. The third-order valence-electron chi connectivity index (χ3n) is 6.05. The van der Waals surface area contributed by atoms with Gasteiger partial charge >= 0.3 is 5.97 Å². The number of carbonyl (C=O) groups excluding carboxylic acids is 1. The molecule has 0 bridgehead atoms. The quantitative estimate of drug-likeness (QED) is 0.232. The molecule has 0 aliphatic heterocycles. The number of hydrogen-bond acceptors (Lipinski definition) is 8. The minimum absolute atomic E-state index is 0.0153. The number of anilines is 3. The van der Waals surface area contributed by atoms with Gasteiger partial charge in [-0.15, -0.1) is 0 Å². The zero-order chi connectivity index (χ0) is 28.1. The Kier molecular flexibility index (Phi) is 8.58. The van der Waals surface area contributed by atoms with Gasteiger partial charge in [0.2, 0.25) is 0 Å². The summed E-state index contributed by atoms with van der Waals surface area (Å²) in [7, 11) is 1.67. The first-order chi connectivity index (χ1) is 18.7. The van der Waals surface area contributed by atoms with E-state index in [0.29, 0.717) is 24.2 Å². The largest absolute Gasteiger partial charge is 0.480 e. The number of aromatic nitrogens is 2. The molecule has 4 rings (SSSR count). The van der Waals surface area contributed by atoms with Gasteiger partial charge in [0, 0.05) is 56.4 Å². The van der Waals surface area contributed by atoms with Crippen LogP contribution < -0.4 is 26.4 Å². The molecule has 39 heavy (non-hydrogen) atoms. The summed E-state index contributed by atoms with van der Waals surface area (Å²) < 4.78 is 0. The van der Waals surface area contributed by atoms with E-state index in [-0.39, 0.29) is 33.4 Å². The molecule has 4 aromatic rings. The predicted molar refractivity (Wildman–Crippen MR) is 150 cm³/mol. The second-order valence-corrected chi connectivity index (χ2v) is 9.56. The highest BCUT2D eigenvalue weighted by Gasteiger charge is 2.28. The zero-order valence-electron chi connectivity index (χ0n) is 20.6. The Bertz CT molecular complexity index is 1550. The molecule has 0 saturated heterocycles. The normalized spacial score (nSPS) is 11.7. The van der Waals surface area contributed by atoms with Crippen LogP contribution in [-0.4, -0.2) is 46.6 Å². The second kappa shape index (κ2) is 12.1. The number of halogens is 2. The van der Waals surface area contributed by atoms with E-state index >= 15 is 0 Å². The molecule has 0 fully saturated rings. The van der Waals surface area contributed by atoms with Gasteiger partial charge in [0.05, 0.1) is 15.6 Å². The van der Waals surface area contributed by atoms with E-state index in [2.05, 4.69) is 20.6 Å². The number of nitrogens with zero attached hydrogens (tertiary/aromatic N) is 3. The van der Waals surface area contributed by atoms with Crippen molar-refractivity contribution in [3.05, 3.63) is 108 Å². The molecule has 3 N–H and O–H groups in total. The van der Waals surface area contributed by atoms with Gasteiger partial charge in [-0.3, -0.25) is 24.4 Å². The summed E-state index contributed by atoms with van der Waals surface area (Å²) in [6.07, 6.45) is 4.85. The Labute approximate surface area is 232 Å². The van der Waals surface area contributed by atoms with Crippen molar-refractivity contribution in [2.45, 2.75) is 18.9 Å². The van der Waals surface area contributed by atoms with Crippen molar-refractivity contribution < 1.29 is 14.7 Å². The summed E-state index contributed by atoms with van der Waals surface area (Å²) in [5, 5.41) is 15.4. The fourth-order valence-electron chi connectivity index (χ4n) is 3.97. The molecule has 0 aliphatic rings. The summed E-state index contributed by atoms with van der Waals surface area (Å²) >= 11 is 12.1. The molecule has 2 heterocycles. The lowest BCUT2D eigenvalue weighted by molar-refractivity contribution is -0.137. The number of carboxylic acids is 1. The van der Waals surface area contributed by atoms with Crippen molar-refractivity contribution in [3.63, 3.8) is 0 Å². The number of aliphatic carboxylic acids is 1. The van der Waals surface area contributed by atoms with Crippen LogP contribution in [0.25, 0.3) is 0 Å². The number of benzene rings is 1. The molecule has 1 atom stereocenters. The van der Waals surface area contributed by atoms with Crippen molar-refractivity contribution in [2.24, 2.45) is 0 Å². The maximum atomic E-state index is 12.6. The second-order valence-electron chi connectivity index (χ2n) is 8.74. The van der Waals surface area contributed by atoms with Crippen molar-refractivity contribution in [1.29, 1.82) is 0 Å². The van der Waals surface area contributed by atoms with Gasteiger partial charge in [0.1, 0.15) is 17.4 Å². The number of carboxylic acid groups (broad SMARTS) is 1. The fraction of sp³-hybridized carbons (Fsp3) is 0.185. The van der Waals surface area contributed by atoms with E-state index in [0.717, 1.165) is 5.69 Å². The van der Waals surface area contributed by atoms with Crippen molar-refractivity contribution >= 4 is 52.1 Å². The van der Waals surface area contributed by atoms with Crippen molar-refractivity contribution in [3.8, 4) is 0 Å². The van der Waals surface area contributed by atoms with Crippen molar-refractivity contribution in [2.75, 3.05) is 29.1 Å². The number of likely N-dealkylation sites (N-methyl/N-ethyl adjacent to an activating group) is 1. The highest BCUT2D eigenvalue weighted by atomic mass is 35.5. The van der Waals surface area contributed by atoms with Crippen LogP contribution >= 0.6 is 23.2 Å². The fourth-order valence-corrected chi connectivity index (χ4v) is 4.51. The lowest BCUT2D eigenvalue weighted by Crippen LogP contribution is -2.45. The van der Waals surface area contributed by atoms with Crippen LogP contribution in [0, 0.1) is 0 Å². The molecule has 1 amide bonds. The number of rotatable bonds is 11. The number of amides is 1. The maximum Gasteiger partial charge on any atom is 0.326 e. The molecule has 0 aliphatic carbocycles. The average Bonchev–Trinajstić information content (AvgIpc) is 2.92. The first-order valence-electron chi connectivity index (χ1n) is 11.8. The van der Waals surface area contributed by atoms with E-state index in [9.17, 15) is 24.3 Å². The maximum absolute atomic E-state index is 12.6. The third-order valence-corrected chi connectivity index (χ3v) is 6.62. The Hall–Kier alpha value is -4.28. The number of nitrogens with one attached hydrogen (secondary N) is 2. The standard InChI is InChI=1S/C27H23Cl2N5O5/c1-34(11-9-16-4-2-3-10-31-16)23-22(24(35)25(23)36)33-20(27(38)39)12-15-5-7-17(8-6-15)32-26(37)21-18(28)13-30-14-19(21)29/h2-8,10,13-14,20,33H,9,11-12H2,1H3,(H,32,37)(H,38,39)/t20-/m0/s1. The number of carbonyl (C=O) groups is 2. The van der Waals surface area contributed by atoms with E-state index in [1.807, 2.05) is 12.1 Å². The van der Waals surface area contributed by atoms with Crippen LogP contribution in [0.1, 0.15) is 21.6 Å². The van der Waals surface area contributed by atoms with Gasteiger partial charge in [0.15, 0.2) is 0 Å². The third kappa shape index (κ3) is 6.42. The summed E-state index contributed by atoms with van der Waals surface area (Å²) in [6, 6.07) is 10.8. The van der Waals surface area contributed by atoms with Crippen LogP contribution in [0.2, 0.25) is 10.0 Å². The van der Waals surface area contributed by atoms with E-state index in [4.69, 9.17) is 23.2 Å². The minimum Gasteiger partial charge on any atom is -0.480 e. The first-order valence-corrected chi connectivity index (χ1v) is 12.5. The molecule has 0 spiro atoms. The van der Waals surface area contributed by atoms with E-state index < -0.39 is 28.8 Å². The smallest absolute Gasteiger partial charge is 0.326 e. The Morgan fingerprint density at radius 1 is 1.03 bits per heavy atom. The Morgan fingerprint density at radius 3 is 2.33 bits per heavy atom. The van der Waals surface area contributed by atoms with Gasteiger partial charge in [-0.1, -0.05) is 41.4 Å². The van der Waals surface area contributed by atoms with Crippen LogP contribution in [-0.2, 0) is 17.6 Å². The van der Waals surface area contributed by atoms with E-state index in [1.165, 1.54) is 12.4 Å². The first kappa shape index (κ1) is 27.7. The van der Waals surface area contributed by atoms with Gasteiger partial charge in [0.25, 0.3) is 16.8 Å². The molecule has 2 aromatic heterocycles. The lowest BCUT2D eigenvalue weighted by atomic mass is 10.0. The monoisotopic (exact) mass is 567 g/mol. The van der Waals surface area contributed by atoms with Crippen molar-refractivity contribution in [1.82, 2.24) is 9.97 Å². The highest BCUT2D eigenvalue weighted by Crippen LogP contribution is 2.25. The number of pyridine rings is 2. The molecule has 200 valence electrons. The zero-order valence-corrected chi connectivity index (χ0v) is 22.2. The van der Waals surface area contributed by atoms with E-state index in [1.54, 1.807) is 48.5 Å². The summed E-state index contributed by atoms with van der Waals surface area (Å²) in [5.74, 6) is -1.71. The molecule has 0 unspecified atom stereocenters. The van der Waals surface area contributed by atoms with Crippen LogP contribution in [0.3, 0.4) is 0 Å². The van der Waals surface area contributed by atoms with Crippen LogP contribution in [0.4, 0.5) is 17.1 Å². The van der Waals surface area contributed by atoms with Gasteiger partial charge in [-0.25, -0.2) is 4.79 Å². The summed E-state index contributed by atoms with van der Waals surface area (Å²) in [4.78, 5) is 58.9. The topological polar surface area (TPSA) is 142 Å². The molecule has 0 saturated carbocycles. The minimum atomic E-state index is -1.19. The van der Waals surface area contributed by atoms with Crippen LogP contribution in [0.5, 0.6) is 0 Å². The molecular formula is C27H23Cl2N5O5. The SMILES string of the molecule is CN(CCc1ccccn1)c1c(N[C@@H](Cc2ccc(NC(=O)c3c(Cl)cncc3Cl)cc2)C(=O)O)c(=O)c1=O. The molecule has 10 nitrogen and oxygen atoms in total. The molecule has 2 aromatic carbocycles. The van der Waals surface area contributed by atoms with Gasteiger partial charge in [-0.2, -0.15) is 0 Å². The number of hydrogen-bond donors (Lipinski definition) is 3. The lowest BCUT2D eigenvalue weighted by Gasteiger charge is -2.25. The van der Waals surface area contributed by atoms with Gasteiger partial charge < -0.3 is 20.6 Å². The molecule has 0 radical (unpaired) electrons. The summed E-state index contributed by atoms with van der Waals surface area (Å²) in [6.45, 7) is 0.414. The van der Waals surface area contributed by atoms with Crippen LogP contribution in [0.15, 0.2) is 70.6 Å². The predicted octanol–water partition coefficient (Wildman–Crippen LogP) is 3.42. The Balaban J connectivity index is 1.42. The molecular weight excluding hydrogens is 545 g/mol. The summed E-state index contributed by atoms with van der Waals surface area (Å²) in [5.41, 5.74) is 0.670. The van der Waals surface area contributed by atoms with Gasteiger partial charge in [-0.05, 0) is 29.8 Å². The Morgan fingerprint density at radius 2 is 1.72 bits per heavy atom. The highest BCUT2D eigenvalue weighted by molar-refractivity contribution is 6.40.